The highest BCUT2D eigenvalue weighted by Crippen LogP contribution is 2.39. The summed E-state index contributed by atoms with van der Waals surface area (Å²) in [6.45, 7) is 4.86. The number of ether oxygens (including phenoxy) is 1. The SMILES string of the molecule is CC(C)n1cc(NC(=O)N[C@@H]2CCOC3(CCCC3)C2)cn1. The Morgan fingerprint density at radius 3 is 2.91 bits per heavy atom. The second-order valence-corrected chi connectivity index (χ2v) is 6.83. The van der Waals surface area contributed by atoms with Crippen LogP contribution >= 0.6 is 0 Å². The fourth-order valence-corrected chi connectivity index (χ4v) is 3.56. The molecule has 2 fully saturated rings. The summed E-state index contributed by atoms with van der Waals surface area (Å²) >= 11 is 0. The molecule has 122 valence electrons. The number of nitrogens with zero attached hydrogens (tertiary/aromatic N) is 2. The molecule has 1 saturated heterocycles. The molecule has 1 spiro atoms. The molecule has 1 aliphatic carbocycles. The predicted octanol–water partition coefficient (Wildman–Crippen LogP) is 3.08. The maximum atomic E-state index is 12.2. The van der Waals surface area contributed by atoms with Gasteiger partial charge >= 0.3 is 6.03 Å². The van der Waals surface area contributed by atoms with E-state index < -0.39 is 0 Å². The van der Waals surface area contributed by atoms with Crippen LogP contribution in [-0.4, -0.2) is 34.1 Å². The minimum Gasteiger partial charge on any atom is -0.375 e. The summed E-state index contributed by atoms with van der Waals surface area (Å²) in [6.07, 6.45) is 10.1. The van der Waals surface area contributed by atoms with Crippen LogP contribution < -0.4 is 10.6 Å². The standard InChI is InChI=1S/C16H26N4O2/c1-12(2)20-11-14(10-17-20)19-15(21)18-13-5-8-22-16(9-13)6-3-4-7-16/h10-13H,3-9H2,1-2H3,(H2,18,19,21)/t13-/m1/s1. The number of hydrogen-bond acceptors (Lipinski definition) is 3. The van der Waals surface area contributed by atoms with Gasteiger partial charge in [0, 0.05) is 24.9 Å². The van der Waals surface area contributed by atoms with E-state index in [2.05, 4.69) is 29.6 Å². The molecule has 2 N–H and O–H groups in total. The Morgan fingerprint density at radius 2 is 2.23 bits per heavy atom. The highest BCUT2D eigenvalue weighted by Gasteiger charge is 2.40. The van der Waals surface area contributed by atoms with Crippen LogP contribution in [0, 0.1) is 0 Å². The number of carbonyl (C=O) groups is 1. The van der Waals surface area contributed by atoms with Crippen molar-refractivity contribution in [2.75, 3.05) is 11.9 Å². The Labute approximate surface area is 131 Å². The third-order valence-corrected chi connectivity index (χ3v) is 4.73. The first-order valence-electron chi connectivity index (χ1n) is 8.32. The molecular formula is C16H26N4O2. The third-order valence-electron chi connectivity index (χ3n) is 4.73. The van der Waals surface area contributed by atoms with Crippen LogP contribution in [0.2, 0.25) is 0 Å². The molecule has 1 aliphatic heterocycles. The summed E-state index contributed by atoms with van der Waals surface area (Å²) < 4.78 is 7.83. The maximum absolute atomic E-state index is 12.2. The van der Waals surface area contributed by atoms with E-state index in [-0.39, 0.29) is 23.7 Å². The van der Waals surface area contributed by atoms with Crippen molar-refractivity contribution in [3.05, 3.63) is 12.4 Å². The number of nitrogens with one attached hydrogen (secondary N) is 2. The van der Waals surface area contributed by atoms with E-state index in [1.807, 2.05) is 10.9 Å². The minimum absolute atomic E-state index is 0.0265. The molecule has 3 rings (SSSR count). The molecule has 0 radical (unpaired) electrons. The molecule has 1 atom stereocenters. The van der Waals surface area contributed by atoms with Crippen LogP contribution in [0.25, 0.3) is 0 Å². The average molecular weight is 306 g/mol. The van der Waals surface area contributed by atoms with Gasteiger partial charge in [-0.05, 0) is 39.5 Å². The van der Waals surface area contributed by atoms with Gasteiger partial charge < -0.3 is 15.4 Å². The van der Waals surface area contributed by atoms with E-state index in [4.69, 9.17) is 4.74 Å². The van der Waals surface area contributed by atoms with Crippen molar-refractivity contribution < 1.29 is 9.53 Å². The van der Waals surface area contributed by atoms with Crippen LogP contribution in [0.4, 0.5) is 10.5 Å². The van der Waals surface area contributed by atoms with E-state index in [1.54, 1.807) is 6.20 Å². The van der Waals surface area contributed by atoms with E-state index in [0.717, 1.165) is 38.0 Å². The number of hydrogen-bond donors (Lipinski definition) is 2. The molecule has 6 heteroatoms. The number of urea groups is 1. The highest BCUT2D eigenvalue weighted by molar-refractivity contribution is 5.89. The van der Waals surface area contributed by atoms with Crippen LogP contribution in [0.15, 0.2) is 12.4 Å². The largest absolute Gasteiger partial charge is 0.375 e. The molecule has 6 nitrogen and oxygen atoms in total. The number of aromatic nitrogens is 2. The van der Waals surface area contributed by atoms with Crippen molar-refractivity contribution >= 4 is 11.7 Å². The summed E-state index contributed by atoms with van der Waals surface area (Å²) in [5.41, 5.74) is 0.757. The van der Waals surface area contributed by atoms with E-state index >= 15 is 0 Å². The lowest BCUT2D eigenvalue weighted by Gasteiger charge is -2.38. The Kier molecular flexibility index (Phi) is 4.38. The lowest BCUT2D eigenvalue weighted by atomic mass is 9.89. The zero-order chi connectivity index (χ0) is 15.6. The van der Waals surface area contributed by atoms with Gasteiger partial charge in [0.25, 0.3) is 0 Å². The van der Waals surface area contributed by atoms with Crippen molar-refractivity contribution in [1.82, 2.24) is 15.1 Å². The molecule has 2 amide bonds. The molecule has 2 aliphatic rings. The van der Waals surface area contributed by atoms with Gasteiger partial charge in [-0.15, -0.1) is 0 Å². The molecule has 0 aromatic carbocycles. The summed E-state index contributed by atoms with van der Waals surface area (Å²) in [5, 5.41) is 10.2. The second-order valence-electron chi connectivity index (χ2n) is 6.83. The number of carbonyl (C=O) groups excluding carboxylic acids is 1. The smallest absolute Gasteiger partial charge is 0.319 e. The highest BCUT2D eigenvalue weighted by atomic mass is 16.5. The number of rotatable bonds is 3. The Balaban J connectivity index is 1.52. The van der Waals surface area contributed by atoms with E-state index in [1.165, 1.54) is 12.8 Å². The lowest BCUT2D eigenvalue weighted by molar-refractivity contribution is -0.0818. The zero-order valence-electron chi connectivity index (χ0n) is 13.5. The topological polar surface area (TPSA) is 68.2 Å². The zero-order valence-corrected chi connectivity index (χ0v) is 13.5. The molecule has 1 aromatic heterocycles. The van der Waals surface area contributed by atoms with Crippen LogP contribution in [0.1, 0.15) is 58.4 Å². The first kappa shape index (κ1) is 15.3. The summed E-state index contributed by atoms with van der Waals surface area (Å²) in [5.74, 6) is 0. The molecule has 2 heterocycles. The van der Waals surface area contributed by atoms with Crippen molar-refractivity contribution in [1.29, 1.82) is 0 Å². The van der Waals surface area contributed by atoms with Gasteiger partial charge in [0.2, 0.25) is 0 Å². The summed E-state index contributed by atoms with van der Waals surface area (Å²) in [4.78, 5) is 12.2. The van der Waals surface area contributed by atoms with Gasteiger partial charge in [-0.2, -0.15) is 5.10 Å². The van der Waals surface area contributed by atoms with Crippen molar-refractivity contribution in [2.24, 2.45) is 0 Å². The molecule has 0 unspecified atom stereocenters. The van der Waals surface area contributed by atoms with Gasteiger partial charge in [-0.3, -0.25) is 4.68 Å². The quantitative estimate of drug-likeness (QED) is 0.901. The predicted molar refractivity (Wildman–Crippen MR) is 84.9 cm³/mol. The summed E-state index contributed by atoms with van der Waals surface area (Å²) in [7, 11) is 0. The van der Waals surface area contributed by atoms with Crippen molar-refractivity contribution in [2.45, 2.75) is 70.1 Å². The maximum Gasteiger partial charge on any atom is 0.319 e. The monoisotopic (exact) mass is 306 g/mol. The van der Waals surface area contributed by atoms with Crippen LogP contribution in [0.5, 0.6) is 0 Å². The van der Waals surface area contributed by atoms with Crippen molar-refractivity contribution in [3.8, 4) is 0 Å². The second kappa shape index (κ2) is 6.28. The molecule has 0 bridgehead atoms. The van der Waals surface area contributed by atoms with Crippen LogP contribution in [-0.2, 0) is 4.74 Å². The average Bonchev–Trinajstić information content (AvgIpc) is 3.09. The van der Waals surface area contributed by atoms with Crippen LogP contribution in [0.3, 0.4) is 0 Å². The lowest BCUT2D eigenvalue weighted by Crippen LogP contribution is -2.48. The molecule has 1 aromatic rings. The van der Waals surface area contributed by atoms with Gasteiger partial charge in [0.05, 0.1) is 17.5 Å². The summed E-state index contributed by atoms with van der Waals surface area (Å²) in [6, 6.07) is 0.340. The third kappa shape index (κ3) is 3.43. The van der Waals surface area contributed by atoms with Gasteiger partial charge in [-0.1, -0.05) is 12.8 Å². The van der Waals surface area contributed by atoms with E-state index in [0.29, 0.717) is 0 Å². The molecule has 1 saturated carbocycles. The van der Waals surface area contributed by atoms with Gasteiger partial charge in [0.1, 0.15) is 0 Å². The van der Waals surface area contributed by atoms with Gasteiger partial charge in [0.15, 0.2) is 0 Å². The molecule has 22 heavy (non-hydrogen) atoms. The first-order valence-corrected chi connectivity index (χ1v) is 8.32. The van der Waals surface area contributed by atoms with Crippen molar-refractivity contribution in [3.63, 3.8) is 0 Å². The normalized spacial score (nSPS) is 23.9. The first-order chi connectivity index (χ1) is 10.6. The fraction of sp³-hybridized carbons (Fsp3) is 0.750. The Morgan fingerprint density at radius 1 is 1.45 bits per heavy atom. The Hall–Kier alpha value is -1.56. The number of amides is 2. The number of anilines is 1. The molecular weight excluding hydrogens is 280 g/mol. The Bertz CT molecular complexity index is 520. The van der Waals surface area contributed by atoms with Gasteiger partial charge in [-0.25, -0.2) is 4.79 Å². The minimum atomic E-state index is -0.150. The fourth-order valence-electron chi connectivity index (χ4n) is 3.56. The van der Waals surface area contributed by atoms with E-state index in [9.17, 15) is 4.79 Å².